The Labute approximate surface area is 151 Å². The van der Waals surface area contributed by atoms with Gasteiger partial charge in [-0.3, -0.25) is 9.69 Å². The van der Waals surface area contributed by atoms with Crippen LogP contribution in [-0.2, 0) is 17.8 Å². The molecule has 2 heterocycles. The molecule has 1 aromatic heterocycles. The lowest BCUT2D eigenvalue weighted by molar-refractivity contribution is -0.132. The molecule has 1 saturated heterocycles. The molecule has 0 atom stereocenters. The van der Waals surface area contributed by atoms with E-state index in [4.69, 9.17) is 16.3 Å². The number of ether oxygens (including phenoxy) is 1. The molecule has 0 bridgehead atoms. The smallest absolute Gasteiger partial charge is 0.227 e. The monoisotopic (exact) mass is 364 g/mol. The molecule has 24 heavy (non-hydrogen) atoms. The van der Waals surface area contributed by atoms with Crippen molar-refractivity contribution in [1.29, 1.82) is 0 Å². The second-order valence-corrected chi connectivity index (χ2v) is 7.69. The number of nitrogens with zero attached hydrogens (tertiary/aromatic N) is 2. The van der Waals surface area contributed by atoms with Crippen LogP contribution in [0.4, 0.5) is 0 Å². The van der Waals surface area contributed by atoms with Crippen LogP contribution in [0.2, 0.25) is 4.34 Å². The van der Waals surface area contributed by atoms with Gasteiger partial charge in [0.2, 0.25) is 5.91 Å². The van der Waals surface area contributed by atoms with Crippen molar-refractivity contribution < 1.29 is 9.53 Å². The van der Waals surface area contributed by atoms with Crippen LogP contribution in [0.15, 0.2) is 36.4 Å². The predicted octanol–water partition coefficient (Wildman–Crippen LogP) is 3.30. The summed E-state index contributed by atoms with van der Waals surface area (Å²) >= 11 is 7.60. The van der Waals surface area contributed by atoms with Crippen molar-refractivity contribution in [2.24, 2.45) is 0 Å². The summed E-state index contributed by atoms with van der Waals surface area (Å²) in [5.41, 5.74) is 0.995. The summed E-state index contributed by atoms with van der Waals surface area (Å²) in [4.78, 5) is 18.1. The van der Waals surface area contributed by atoms with Gasteiger partial charge in [-0.15, -0.1) is 11.3 Å². The minimum Gasteiger partial charge on any atom is -0.497 e. The van der Waals surface area contributed by atoms with Gasteiger partial charge in [0.05, 0.1) is 17.9 Å². The number of thiophene rings is 1. The molecule has 2 aromatic rings. The topological polar surface area (TPSA) is 32.8 Å². The normalized spacial score (nSPS) is 15.5. The molecular formula is C18H21ClN2O2S. The van der Waals surface area contributed by atoms with Crippen LogP contribution < -0.4 is 4.74 Å². The van der Waals surface area contributed by atoms with E-state index in [2.05, 4.69) is 11.0 Å². The van der Waals surface area contributed by atoms with E-state index in [9.17, 15) is 4.79 Å². The zero-order valence-electron chi connectivity index (χ0n) is 13.7. The molecule has 1 aromatic carbocycles. The van der Waals surface area contributed by atoms with Crippen LogP contribution in [0.25, 0.3) is 0 Å². The van der Waals surface area contributed by atoms with Gasteiger partial charge >= 0.3 is 0 Å². The maximum absolute atomic E-state index is 12.5. The first-order valence-corrected chi connectivity index (χ1v) is 9.21. The number of hydrogen-bond acceptors (Lipinski definition) is 4. The third-order valence-corrected chi connectivity index (χ3v) is 5.44. The number of rotatable bonds is 5. The number of hydrogen-bond donors (Lipinski definition) is 0. The van der Waals surface area contributed by atoms with Gasteiger partial charge in [0, 0.05) is 37.6 Å². The number of piperazine rings is 1. The summed E-state index contributed by atoms with van der Waals surface area (Å²) < 4.78 is 6.04. The molecule has 1 aliphatic rings. The van der Waals surface area contributed by atoms with E-state index in [0.717, 1.165) is 48.4 Å². The third kappa shape index (κ3) is 4.50. The minimum atomic E-state index is 0.182. The Hall–Kier alpha value is -1.56. The van der Waals surface area contributed by atoms with Crippen LogP contribution in [0.3, 0.4) is 0 Å². The number of benzene rings is 1. The zero-order valence-corrected chi connectivity index (χ0v) is 15.3. The molecule has 128 valence electrons. The fourth-order valence-corrected chi connectivity index (χ4v) is 4.01. The molecule has 1 amide bonds. The van der Waals surface area contributed by atoms with Crippen LogP contribution in [0.5, 0.6) is 5.75 Å². The summed E-state index contributed by atoms with van der Waals surface area (Å²) in [5, 5.41) is 0. The number of methoxy groups -OCH3 is 1. The van der Waals surface area contributed by atoms with Gasteiger partial charge in [-0.25, -0.2) is 0 Å². The molecule has 1 aliphatic heterocycles. The molecule has 0 spiro atoms. The molecule has 0 saturated carbocycles. The number of carbonyl (C=O) groups excluding carboxylic acids is 1. The van der Waals surface area contributed by atoms with Gasteiger partial charge in [-0.1, -0.05) is 23.7 Å². The largest absolute Gasteiger partial charge is 0.497 e. The van der Waals surface area contributed by atoms with Gasteiger partial charge in [0.25, 0.3) is 0 Å². The quantitative estimate of drug-likeness (QED) is 0.816. The van der Waals surface area contributed by atoms with Gasteiger partial charge in [-0.05, 0) is 29.8 Å². The van der Waals surface area contributed by atoms with Crippen LogP contribution in [0, 0.1) is 0 Å². The summed E-state index contributed by atoms with van der Waals surface area (Å²) in [5.74, 6) is 0.974. The maximum atomic E-state index is 12.5. The van der Waals surface area contributed by atoms with Crippen molar-refractivity contribution >= 4 is 28.8 Å². The lowest BCUT2D eigenvalue weighted by atomic mass is 10.1. The first-order valence-electron chi connectivity index (χ1n) is 8.01. The summed E-state index contributed by atoms with van der Waals surface area (Å²) in [6.45, 7) is 4.28. The fourth-order valence-electron chi connectivity index (χ4n) is 2.88. The van der Waals surface area contributed by atoms with E-state index in [0.29, 0.717) is 6.42 Å². The molecule has 0 aliphatic carbocycles. The molecule has 4 nitrogen and oxygen atoms in total. The third-order valence-electron chi connectivity index (χ3n) is 4.22. The molecule has 0 radical (unpaired) electrons. The fraction of sp³-hybridized carbons (Fsp3) is 0.389. The van der Waals surface area contributed by atoms with Crippen molar-refractivity contribution in [2.75, 3.05) is 33.3 Å². The summed E-state index contributed by atoms with van der Waals surface area (Å²) in [6.07, 6.45) is 0.428. The standard InChI is InChI=1S/C18H21ClN2O2S/c1-23-15-4-2-3-14(11-15)12-18(22)21-9-7-20(8-10-21)13-16-5-6-17(19)24-16/h2-6,11H,7-10,12-13H2,1H3. The summed E-state index contributed by atoms with van der Waals surface area (Å²) in [6, 6.07) is 11.7. The first kappa shape index (κ1) is 17.3. The van der Waals surface area contributed by atoms with E-state index in [1.54, 1.807) is 18.4 Å². The number of carbonyl (C=O) groups is 1. The Morgan fingerprint density at radius 1 is 1.21 bits per heavy atom. The molecule has 3 rings (SSSR count). The van der Waals surface area contributed by atoms with Crippen molar-refractivity contribution in [3.8, 4) is 5.75 Å². The SMILES string of the molecule is COc1cccc(CC(=O)N2CCN(Cc3ccc(Cl)s3)CC2)c1. The Kier molecular flexibility index (Phi) is 5.76. The predicted molar refractivity (Wildman–Crippen MR) is 97.9 cm³/mol. The average Bonchev–Trinajstić information content (AvgIpc) is 3.00. The van der Waals surface area contributed by atoms with Crippen LogP contribution in [-0.4, -0.2) is 49.0 Å². The van der Waals surface area contributed by atoms with E-state index in [-0.39, 0.29) is 5.91 Å². The van der Waals surface area contributed by atoms with Crippen LogP contribution >= 0.6 is 22.9 Å². The highest BCUT2D eigenvalue weighted by atomic mass is 35.5. The Bertz CT molecular complexity index is 696. The zero-order chi connectivity index (χ0) is 16.9. The molecule has 1 fully saturated rings. The Morgan fingerprint density at radius 3 is 2.67 bits per heavy atom. The lowest BCUT2D eigenvalue weighted by Crippen LogP contribution is -2.48. The van der Waals surface area contributed by atoms with E-state index < -0.39 is 0 Å². The lowest BCUT2D eigenvalue weighted by Gasteiger charge is -2.34. The highest BCUT2D eigenvalue weighted by Gasteiger charge is 2.21. The summed E-state index contributed by atoms with van der Waals surface area (Å²) in [7, 11) is 1.64. The average molecular weight is 365 g/mol. The highest BCUT2D eigenvalue weighted by Crippen LogP contribution is 2.23. The van der Waals surface area contributed by atoms with Gasteiger partial charge in [0.15, 0.2) is 0 Å². The van der Waals surface area contributed by atoms with Crippen molar-refractivity contribution in [2.45, 2.75) is 13.0 Å². The number of halogens is 1. The number of amides is 1. The molecule has 6 heteroatoms. The maximum Gasteiger partial charge on any atom is 0.227 e. The van der Waals surface area contributed by atoms with E-state index in [1.165, 1.54) is 4.88 Å². The minimum absolute atomic E-state index is 0.182. The van der Waals surface area contributed by atoms with E-state index in [1.807, 2.05) is 35.2 Å². The van der Waals surface area contributed by atoms with Crippen LogP contribution in [0.1, 0.15) is 10.4 Å². The van der Waals surface area contributed by atoms with Crippen molar-refractivity contribution in [3.05, 3.63) is 51.2 Å². The van der Waals surface area contributed by atoms with Crippen molar-refractivity contribution in [3.63, 3.8) is 0 Å². The second kappa shape index (κ2) is 8.01. The Morgan fingerprint density at radius 2 is 2.00 bits per heavy atom. The van der Waals surface area contributed by atoms with Gasteiger partial charge in [-0.2, -0.15) is 0 Å². The molecular weight excluding hydrogens is 344 g/mol. The molecule has 0 N–H and O–H groups in total. The molecule has 0 unspecified atom stereocenters. The van der Waals surface area contributed by atoms with Gasteiger partial charge in [0.1, 0.15) is 5.75 Å². The van der Waals surface area contributed by atoms with Gasteiger partial charge < -0.3 is 9.64 Å². The first-order chi connectivity index (χ1) is 11.6. The van der Waals surface area contributed by atoms with E-state index >= 15 is 0 Å². The highest BCUT2D eigenvalue weighted by molar-refractivity contribution is 7.16. The second-order valence-electron chi connectivity index (χ2n) is 5.89. The Balaban J connectivity index is 1.49. The van der Waals surface area contributed by atoms with Crippen molar-refractivity contribution in [1.82, 2.24) is 9.80 Å².